The number of aldehydes is 1. The minimum absolute atomic E-state index is 0.304. The molecule has 2 rings (SSSR count). The summed E-state index contributed by atoms with van der Waals surface area (Å²) < 4.78 is 0. The van der Waals surface area contributed by atoms with E-state index in [9.17, 15) is 9.90 Å². The number of aryl methyl sites for hydroxylation is 1. The lowest BCUT2D eigenvalue weighted by Crippen LogP contribution is -2.29. The molecule has 0 spiro atoms. The first kappa shape index (κ1) is 12.1. The molecule has 3 heteroatoms. The van der Waals surface area contributed by atoms with Crippen LogP contribution >= 0.6 is 0 Å². The Hall–Kier alpha value is -1.35. The van der Waals surface area contributed by atoms with E-state index in [0.29, 0.717) is 11.3 Å². The lowest BCUT2D eigenvalue weighted by atomic mass is 10.0. The van der Waals surface area contributed by atoms with Gasteiger partial charge in [0.1, 0.15) is 12.0 Å². The number of benzene rings is 1. The van der Waals surface area contributed by atoms with Crippen molar-refractivity contribution in [3.05, 3.63) is 28.8 Å². The van der Waals surface area contributed by atoms with E-state index in [4.69, 9.17) is 0 Å². The summed E-state index contributed by atoms with van der Waals surface area (Å²) in [5, 5.41) is 9.90. The zero-order valence-corrected chi connectivity index (χ0v) is 10.3. The van der Waals surface area contributed by atoms with Crippen LogP contribution in [0.5, 0.6) is 5.75 Å². The van der Waals surface area contributed by atoms with Gasteiger partial charge in [0, 0.05) is 17.7 Å². The first-order chi connectivity index (χ1) is 8.20. The Morgan fingerprint density at radius 3 is 2.65 bits per heavy atom. The molecular weight excluding hydrogens is 214 g/mol. The molecule has 0 saturated carbocycles. The molecule has 0 atom stereocenters. The summed E-state index contributed by atoms with van der Waals surface area (Å²) in [6.45, 7) is 4.76. The topological polar surface area (TPSA) is 40.5 Å². The average Bonchev–Trinajstić information content (AvgIpc) is 2.34. The number of hydrogen-bond donors (Lipinski definition) is 1. The van der Waals surface area contributed by atoms with Crippen molar-refractivity contribution in [3.8, 4) is 5.75 Å². The fraction of sp³-hybridized carbons (Fsp3) is 0.500. The molecule has 0 aromatic heterocycles. The molecule has 1 aromatic carbocycles. The second-order valence-electron chi connectivity index (χ2n) is 4.79. The van der Waals surface area contributed by atoms with Gasteiger partial charge >= 0.3 is 0 Å². The second-order valence-corrected chi connectivity index (χ2v) is 4.79. The minimum Gasteiger partial charge on any atom is -0.508 e. The van der Waals surface area contributed by atoms with Crippen LogP contribution in [0.1, 0.15) is 40.7 Å². The minimum atomic E-state index is 0.304. The Kier molecular flexibility index (Phi) is 3.79. The number of phenols is 1. The fourth-order valence-corrected chi connectivity index (χ4v) is 2.37. The molecule has 3 nitrogen and oxygen atoms in total. The molecule has 0 aliphatic carbocycles. The third-order valence-corrected chi connectivity index (χ3v) is 3.44. The van der Waals surface area contributed by atoms with E-state index in [1.165, 1.54) is 19.3 Å². The number of likely N-dealkylation sites (tertiary alicyclic amines) is 1. The first-order valence-corrected chi connectivity index (χ1v) is 6.20. The molecular formula is C14H19NO2. The van der Waals surface area contributed by atoms with Crippen LogP contribution in [0.15, 0.2) is 12.1 Å². The van der Waals surface area contributed by atoms with Gasteiger partial charge in [0.2, 0.25) is 0 Å². The van der Waals surface area contributed by atoms with Crippen LogP contribution in [-0.4, -0.2) is 29.4 Å². The monoisotopic (exact) mass is 233 g/mol. The molecule has 0 bridgehead atoms. The number of nitrogens with zero attached hydrogens (tertiary/aromatic N) is 1. The van der Waals surface area contributed by atoms with Crippen molar-refractivity contribution in [1.29, 1.82) is 0 Å². The van der Waals surface area contributed by atoms with Gasteiger partial charge in [-0.25, -0.2) is 0 Å². The van der Waals surface area contributed by atoms with Crippen molar-refractivity contribution in [2.24, 2.45) is 0 Å². The van der Waals surface area contributed by atoms with Crippen LogP contribution in [-0.2, 0) is 6.54 Å². The van der Waals surface area contributed by atoms with Gasteiger partial charge in [-0.15, -0.1) is 0 Å². The van der Waals surface area contributed by atoms with Crippen LogP contribution in [0.3, 0.4) is 0 Å². The van der Waals surface area contributed by atoms with Gasteiger partial charge in [0.05, 0.1) is 0 Å². The zero-order valence-electron chi connectivity index (χ0n) is 10.3. The van der Waals surface area contributed by atoms with E-state index >= 15 is 0 Å². The van der Waals surface area contributed by atoms with Crippen LogP contribution in [0.4, 0.5) is 0 Å². The molecule has 17 heavy (non-hydrogen) atoms. The Bertz CT molecular complexity index is 409. The highest BCUT2D eigenvalue weighted by Gasteiger charge is 2.13. The van der Waals surface area contributed by atoms with Gasteiger partial charge in [-0.3, -0.25) is 9.69 Å². The van der Waals surface area contributed by atoms with Crippen LogP contribution < -0.4 is 0 Å². The standard InChI is InChI=1S/C14H19NO2/c1-11-7-14(17)12(8-13(11)10-16)9-15-5-3-2-4-6-15/h7-8,10,17H,2-6,9H2,1H3. The third kappa shape index (κ3) is 2.86. The van der Waals surface area contributed by atoms with E-state index in [-0.39, 0.29) is 0 Å². The summed E-state index contributed by atoms with van der Waals surface area (Å²) in [7, 11) is 0. The van der Waals surface area contributed by atoms with Crippen molar-refractivity contribution in [2.45, 2.75) is 32.7 Å². The summed E-state index contributed by atoms with van der Waals surface area (Å²) in [6.07, 6.45) is 4.62. The quantitative estimate of drug-likeness (QED) is 0.815. The molecule has 1 fully saturated rings. The molecule has 0 unspecified atom stereocenters. The van der Waals surface area contributed by atoms with Crippen LogP contribution in [0.2, 0.25) is 0 Å². The third-order valence-electron chi connectivity index (χ3n) is 3.44. The van der Waals surface area contributed by atoms with Gasteiger partial charge in [-0.1, -0.05) is 6.42 Å². The molecule has 1 saturated heterocycles. The van der Waals surface area contributed by atoms with Gasteiger partial charge < -0.3 is 5.11 Å². The van der Waals surface area contributed by atoms with Gasteiger partial charge in [-0.2, -0.15) is 0 Å². The first-order valence-electron chi connectivity index (χ1n) is 6.20. The van der Waals surface area contributed by atoms with Gasteiger partial charge in [-0.05, 0) is 50.6 Å². The lowest BCUT2D eigenvalue weighted by Gasteiger charge is -2.26. The van der Waals surface area contributed by atoms with Crippen molar-refractivity contribution in [2.75, 3.05) is 13.1 Å². The Balaban J connectivity index is 2.16. The predicted molar refractivity (Wildman–Crippen MR) is 67.4 cm³/mol. The molecule has 0 radical (unpaired) electrons. The number of piperidine rings is 1. The second kappa shape index (κ2) is 5.32. The van der Waals surface area contributed by atoms with Crippen LogP contribution in [0, 0.1) is 6.92 Å². The summed E-state index contributed by atoms with van der Waals surface area (Å²) in [5.74, 6) is 0.304. The maximum Gasteiger partial charge on any atom is 0.150 e. The van der Waals surface area contributed by atoms with Crippen molar-refractivity contribution in [3.63, 3.8) is 0 Å². The summed E-state index contributed by atoms with van der Waals surface area (Å²) in [4.78, 5) is 13.2. The van der Waals surface area contributed by atoms with E-state index in [0.717, 1.165) is 37.0 Å². The molecule has 0 amide bonds. The van der Waals surface area contributed by atoms with E-state index in [1.54, 1.807) is 6.07 Å². The van der Waals surface area contributed by atoms with Crippen LogP contribution in [0.25, 0.3) is 0 Å². The van der Waals surface area contributed by atoms with Gasteiger partial charge in [0.25, 0.3) is 0 Å². The predicted octanol–water partition coefficient (Wildman–Crippen LogP) is 2.50. The largest absolute Gasteiger partial charge is 0.508 e. The highest BCUT2D eigenvalue weighted by molar-refractivity contribution is 5.78. The zero-order chi connectivity index (χ0) is 12.3. The summed E-state index contributed by atoms with van der Waals surface area (Å²) in [5.41, 5.74) is 2.37. The molecule has 1 N–H and O–H groups in total. The SMILES string of the molecule is Cc1cc(O)c(CN2CCCCC2)cc1C=O. The number of rotatable bonds is 3. The average molecular weight is 233 g/mol. The molecule has 1 heterocycles. The van der Waals surface area contributed by atoms with Crippen molar-refractivity contribution < 1.29 is 9.90 Å². The Morgan fingerprint density at radius 2 is 2.00 bits per heavy atom. The lowest BCUT2D eigenvalue weighted by molar-refractivity contribution is 0.112. The Morgan fingerprint density at radius 1 is 1.29 bits per heavy atom. The highest BCUT2D eigenvalue weighted by Crippen LogP contribution is 2.24. The molecule has 1 aliphatic heterocycles. The number of phenolic OH excluding ortho intramolecular Hbond substituents is 1. The maximum absolute atomic E-state index is 10.9. The van der Waals surface area contributed by atoms with E-state index in [1.807, 2.05) is 13.0 Å². The number of hydrogen-bond acceptors (Lipinski definition) is 3. The smallest absolute Gasteiger partial charge is 0.150 e. The number of carbonyl (C=O) groups is 1. The normalized spacial score (nSPS) is 17.0. The van der Waals surface area contributed by atoms with Crippen molar-refractivity contribution in [1.82, 2.24) is 4.90 Å². The number of aromatic hydroxyl groups is 1. The van der Waals surface area contributed by atoms with Gasteiger partial charge in [0.15, 0.2) is 0 Å². The fourth-order valence-electron chi connectivity index (χ4n) is 2.37. The van der Waals surface area contributed by atoms with E-state index < -0.39 is 0 Å². The maximum atomic E-state index is 10.9. The number of carbonyl (C=O) groups excluding carboxylic acids is 1. The highest BCUT2D eigenvalue weighted by atomic mass is 16.3. The molecule has 1 aliphatic rings. The van der Waals surface area contributed by atoms with E-state index in [2.05, 4.69) is 4.90 Å². The summed E-state index contributed by atoms with van der Waals surface area (Å²) in [6, 6.07) is 3.50. The van der Waals surface area contributed by atoms with Crippen molar-refractivity contribution >= 4 is 6.29 Å². The molecule has 1 aromatic rings. The summed E-state index contributed by atoms with van der Waals surface area (Å²) >= 11 is 0. The Labute approximate surface area is 102 Å². The molecule has 92 valence electrons.